The van der Waals surface area contributed by atoms with Crippen molar-refractivity contribution in [3.63, 3.8) is 0 Å². The van der Waals surface area contributed by atoms with Crippen molar-refractivity contribution in [3.8, 4) is 22.6 Å². The lowest BCUT2D eigenvalue weighted by Crippen LogP contribution is -2.03. The Morgan fingerprint density at radius 1 is 1.00 bits per heavy atom. The van der Waals surface area contributed by atoms with Gasteiger partial charge in [0.15, 0.2) is 11.5 Å². The molecule has 0 atom stereocenters. The van der Waals surface area contributed by atoms with Crippen molar-refractivity contribution >= 4 is 5.97 Å². The van der Waals surface area contributed by atoms with E-state index in [-0.39, 0.29) is 11.3 Å². The molecule has 4 nitrogen and oxygen atoms in total. The summed E-state index contributed by atoms with van der Waals surface area (Å²) in [6, 6.07) is 12.9. The van der Waals surface area contributed by atoms with Crippen LogP contribution in [0.3, 0.4) is 0 Å². The van der Waals surface area contributed by atoms with Crippen LogP contribution in [0.1, 0.15) is 10.4 Å². The van der Waals surface area contributed by atoms with Gasteiger partial charge in [-0.15, -0.1) is 0 Å². The molecule has 19 heavy (non-hydrogen) atoms. The van der Waals surface area contributed by atoms with Crippen molar-refractivity contribution in [1.82, 2.24) is 0 Å². The molecule has 0 aliphatic rings. The van der Waals surface area contributed by atoms with Crippen molar-refractivity contribution in [1.29, 1.82) is 0 Å². The number of hydrogen-bond acceptors (Lipinski definition) is 3. The molecule has 0 aromatic heterocycles. The number of carboxylic acid groups (broad SMARTS) is 1. The zero-order valence-electron chi connectivity index (χ0n) is 10.7. The lowest BCUT2D eigenvalue weighted by atomic mass is 10.0. The maximum Gasteiger partial charge on any atom is 0.339 e. The third-order valence-corrected chi connectivity index (χ3v) is 2.82. The Balaban J connectivity index is 2.65. The van der Waals surface area contributed by atoms with Crippen molar-refractivity contribution < 1.29 is 19.4 Å². The van der Waals surface area contributed by atoms with E-state index in [4.69, 9.17) is 9.47 Å². The van der Waals surface area contributed by atoms with Gasteiger partial charge in [-0.3, -0.25) is 0 Å². The Kier molecular flexibility index (Phi) is 3.71. The maximum atomic E-state index is 11.3. The SMILES string of the molecule is COc1cc(-c2ccccc2)cc(C(=O)O)c1OC. The van der Waals surface area contributed by atoms with Gasteiger partial charge in [0.1, 0.15) is 5.56 Å². The molecule has 0 aliphatic heterocycles. The van der Waals surface area contributed by atoms with Crippen molar-refractivity contribution in [2.75, 3.05) is 14.2 Å². The Morgan fingerprint density at radius 2 is 1.68 bits per heavy atom. The number of ether oxygens (including phenoxy) is 2. The molecular formula is C15H14O4. The van der Waals surface area contributed by atoms with Crippen molar-refractivity contribution in [2.24, 2.45) is 0 Å². The average Bonchev–Trinajstić information content (AvgIpc) is 2.46. The van der Waals surface area contributed by atoms with Crippen molar-refractivity contribution in [2.45, 2.75) is 0 Å². The summed E-state index contributed by atoms with van der Waals surface area (Å²) in [5, 5.41) is 9.25. The molecule has 0 heterocycles. The van der Waals surface area contributed by atoms with Gasteiger partial charge in [-0.2, -0.15) is 0 Å². The van der Waals surface area contributed by atoms with Crippen LogP contribution >= 0.6 is 0 Å². The normalized spacial score (nSPS) is 10.0. The fourth-order valence-corrected chi connectivity index (χ4v) is 1.92. The molecule has 0 saturated heterocycles. The highest BCUT2D eigenvalue weighted by molar-refractivity contribution is 5.94. The molecule has 4 heteroatoms. The summed E-state index contributed by atoms with van der Waals surface area (Å²) in [5.74, 6) is -0.413. The molecule has 0 unspecified atom stereocenters. The Bertz CT molecular complexity index is 591. The van der Waals surface area contributed by atoms with Gasteiger partial charge in [-0.1, -0.05) is 30.3 Å². The van der Waals surface area contributed by atoms with Crippen LogP contribution < -0.4 is 9.47 Å². The van der Waals surface area contributed by atoms with Crippen LogP contribution in [0.5, 0.6) is 11.5 Å². The second kappa shape index (κ2) is 5.44. The first-order valence-electron chi connectivity index (χ1n) is 5.72. The first kappa shape index (κ1) is 13.0. The van der Waals surface area contributed by atoms with E-state index in [0.29, 0.717) is 5.75 Å². The summed E-state index contributed by atoms with van der Waals surface area (Å²) in [7, 11) is 2.91. The standard InChI is InChI=1S/C15H14O4/c1-18-13-9-11(10-6-4-3-5-7-10)8-12(15(16)17)14(13)19-2/h3-9H,1-2H3,(H,16,17). The number of carbonyl (C=O) groups is 1. The average molecular weight is 258 g/mol. The highest BCUT2D eigenvalue weighted by Crippen LogP contribution is 2.36. The molecule has 0 saturated carbocycles. The first-order chi connectivity index (χ1) is 9.17. The largest absolute Gasteiger partial charge is 0.493 e. The van der Waals surface area contributed by atoms with E-state index in [2.05, 4.69) is 0 Å². The summed E-state index contributed by atoms with van der Waals surface area (Å²) in [5.41, 5.74) is 1.78. The summed E-state index contributed by atoms with van der Waals surface area (Å²) < 4.78 is 10.3. The number of carboxylic acids is 1. The summed E-state index contributed by atoms with van der Waals surface area (Å²) >= 11 is 0. The van der Waals surface area contributed by atoms with Gasteiger partial charge in [0.25, 0.3) is 0 Å². The Labute approximate surface area is 111 Å². The van der Waals surface area contributed by atoms with Gasteiger partial charge in [0, 0.05) is 0 Å². The summed E-state index contributed by atoms with van der Waals surface area (Å²) in [4.78, 5) is 11.3. The van der Waals surface area contributed by atoms with E-state index in [1.165, 1.54) is 14.2 Å². The van der Waals surface area contributed by atoms with E-state index >= 15 is 0 Å². The molecule has 0 bridgehead atoms. The molecule has 0 spiro atoms. The number of benzene rings is 2. The number of hydrogen-bond donors (Lipinski definition) is 1. The van der Waals surface area contributed by atoms with Gasteiger partial charge < -0.3 is 14.6 Å². The molecule has 0 aliphatic carbocycles. The predicted molar refractivity (Wildman–Crippen MR) is 71.9 cm³/mol. The van der Waals surface area contributed by atoms with Crippen LogP contribution in [-0.2, 0) is 0 Å². The van der Waals surface area contributed by atoms with Crippen LogP contribution in [0.25, 0.3) is 11.1 Å². The topological polar surface area (TPSA) is 55.8 Å². The van der Waals surface area contributed by atoms with Gasteiger partial charge in [-0.25, -0.2) is 4.79 Å². The monoisotopic (exact) mass is 258 g/mol. The van der Waals surface area contributed by atoms with Gasteiger partial charge in [-0.05, 0) is 23.3 Å². The third-order valence-electron chi connectivity index (χ3n) is 2.82. The minimum absolute atomic E-state index is 0.0840. The minimum atomic E-state index is -1.05. The predicted octanol–water partition coefficient (Wildman–Crippen LogP) is 3.07. The van der Waals surface area contributed by atoms with E-state index in [9.17, 15) is 9.90 Å². The molecule has 98 valence electrons. The van der Waals surface area contributed by atoms with Crippen LogP contribution in [0, 0.1) is 0 Å². The molecule has 2 rings (SSSR count). The van der Waals surface area contributed by atoms with Crippen LogP contribution in [0.15, 0.2) is 42.5 Å². The zero-order chi connectivity index (χ0) is 13.8. The van der Waals surface area contributed by atoms with Gasteiger partial charge >= 0.3 is 5.97 Å². The fraction of sp³-hybridized carbons (Fsp3) is 0.133. The molecule has 1 N–H and O–H groups in total. The molecule has 2 aromatic rings. The lowest BCUT2D eigenvalue weighted by molar-refractivity contribution is 0.0692. The van der Waals surface area contributed by atoms with E-state index in [1.807, 2.05) is 30.3 Å². The molecule has 2 aromatic carbocycles. The van der Waals surface area contributed by atoms with Gasteiger partial charge in [0.05, 0.1) is 14.2 Å². The van der Waals surface area contributed by atoms with Crippen LogP contribution in [-0.4, -0.2) is 25.3 Å². The lowest BCUT2D eigenvalue weighted by Gasteiger charge is -2.13. The second-order valence-electron chi connectivity index (χ2n) is 3.93. The highest BCUT2D eigenvalue weighted by Gasteiger charge is 2.18. The zero-order valence-corrected chi connectivity index (χ0v) is 10.7. The first-order valence-corrected chi connectivity index (χ1v) is 5.72. The number of rotatable bonds is 4. The second-order valence-corrected chi connectivity index (χ2v) is 3.93. The van der Waals surface area contributed by atoms with E-state index in [0.717, 1.165) is 11.1 Å². The number of aromatic carboxylic acids is 1. The quantitative estimate of drug-likeness (QED) is 0.915. The van der Waals surface area contributed by atoms with E-state index < -0.39 is 5.97 Å². The number of methoxy groups -OCH3 is 2. The van der Waals surface area contributed by atoms with Gasteiger partial charge in [0.2, 0.25) is 0 Å². The van der Waals surface area contributed by atoms with Crippen molar-refractivity contribution in [3.05, 3.63) is 48.0 Å². The third kappa shape index (κ3) is 2.52. The Hall–Kier alpha value is -2.49. The summed E-state index contributed by atoms with van der Waals surface area (Å²) in [6.07, 6.45) is 0. The molecule has 0 amide bonds. The van der Waals surface area contributed by atoms with Crippen LogP contribution in [0.2, 0.25) is 0 Å². The molecule has 0 fully saturated rings. The Morgan fingerprint density at radius 3 is 2.21 bits per heavy atom. The maximum absolute atomic E-state index is 11.3. The summed E-state index contributed by atoms with van der Waals surface area (Å²) in [6.45, 7) is 0. The molecular weight excluding hydrogens is 244 g/mol. The minimum Gasteiger partial charge on any atom is -0.493 e. The smallest absolute Gasteiger partial charge is 0.339 e. The fourth-order valence-electron chi connectivity index (χ4n) is 1.92. The molecule has 0 radical (unpaired) electrons. The van der Waals surface area contributed by atoms with E-state index in [1.54, 1.807) is 12.1 Å². The van der Waals surface area contributed by atoms with Crippen LogP contribution in [0.4, 0.5) is 0 Å². The highest BCUT2D eigenvalue weighted by atomic mass is 16.5.